The topological polar surface area (TPSA) is 40.6 Å². The predicted molar refractivity (Wildman–Crippen MR) is 78.1 cm³/mol. The molecule has 1 aromatic rings. The van der Waals surface area contributed by atoms with Crippen LogP contribution in [-0.2, 0) is 16.1 Å². The molecule has 108 valence electrons. The number of carbonyl (C=O) groups excluding carboxylic acids is 2. The minimum absolute atomic E-state index is 0.0935. The van der Waals surface area contributed by atoms with Crippen LogP contribution in [0, 0.1) is 5.92 Å². The normalized spacial score (nSPS) is 19.6. The zero-order chi connectivity index (χ0) is 14.4. The number of nitrogens with zero attached hydrogens (tertiary/aromatic N) is 2. The molecule has 4 heteroatoms. The van der Waals surface area contributed by atoms with Gasteiger partial charge in [-0.15, -0.1) is 0 Å². The van der Waals surface area contributed by atoms with E-state index in [1.54, 1.807) is 4.90 Å². The molecule has 2 rings (SSSR count). The largest absolute Gasteiger partial charge is 0.340 e. The number of hydrogen-bond acceptors (Lipinski definition) is 3. The smallest absolute Gasteiger partial charge is 0.236 e. The van der Waals surface area contributed by atoms with Crippen LogP contribution < -0.4 is 0 Å². The Labute approximate surface area is 120 Å². The van der Waals surface area contributed by atoms with E-state index < -0.39 is 0 Å². The monoisotopic (exact) mass is 274 g/mol. The summed E-state index contributed by atoms with van der Waals surface area (Å²) in [6.45, 7) is 2.67. The summed E-state index contributed by atoms with van der Waals surface area (Å²) in [4.78, 5) is 26.9. The maximum atomic E-state index is 12.2. The number of rotatable bonds is 5. The average Bonchev–Trinajstić information content (AvgIpc) is 2.48. The zero-order valence-corrected chi connectivity index (χ0v) is 12.0. The van der Waals surface area contributed by atoms with Gasteiger partial charge in [-0.05, 0) is 24.9 Å². The Morgan fingerprint density at radius 1 is 1.40 bits per heavy atom. The molecule has 1 unspecified atom stereocenters. The minimum Gasteiger partial charge on any atom is -0.340 e. The van der Waals surface area contributed by atoms with Gasteiger partial charge in [-0.25, -0.2) is 0 Å². The number of amides is 1. The Hall–Kier alpha value is -1.68. The Morgan fingerprint density at radius 3 is 2.85 bits per heavy atom. The van der Waals surface area contributed by atoms with Gasteiger partial charge >= 0.3 is 0 Å². The molecule has 0 radical (unpaired) electrons. The van der Waals surface area contributed by atoms with E-state index in [4.69, 9.17) is 0 Å². The van der Waals surface area contributed by atoms with Crippen LogP contribution in [0.15, 0.2) is 30.3 Å². The van der Waals surface area contributed by atoms with E-state index in [2.05, 4.69) is 4.90 Å². The van der Waals surface area contributed by atoms with E-state index in [0.717, 1.165) is 31.2 Å². The number of likely N-dealkylation sites (N-methyl/N-ethyl adjacent to an activating group) is 1. The summed E-state index contributed by atoms with van der Waals surface area (Å²) in [5, 5.41) is 0. The van der Waals surface area contributed by atoms with Crippen molar-refractivity contribution in [3.63, 3.8) is 0 Å². The third kappa shape index (κ3) is 4.17. The second kappa shape index (κ2) is 7.20. The van der Waals surface area contributed by atoms with Gasteiger partial charge in [0, 0.05) is 26.1 Å². The summed E-state index contributed by atoms with van der Waals surface area (Å²) in [6, 6.07) is 9.97. The van der Waals surface area contributed by atoms with Crippen molar-refractivity contribution in [1.82, 2.24) is 9.80 Å². The van der Waals surface area contributed by atoms with Gasteiger partial charge in [-0.1, -0.05) is 30.3 Å². The lowest BCUT2D eigenvalue weighted by atomic mass is 10.00. The number of likely N-dealkylation sites (tertiary alicyclic amines) is 1. The van der Waals surface area contributed by atoms with Crippen molar-refractivity contribution >= 4 is 12.2 Å². The lowest BCUT2D eigenvalue weighted by molar-refractivity contribution is -0.132. The molecule has 0 spiro atoms. The van der Waals surface area contributed by atoms with Crippen molar-refractivity contribution in [2.75, 3.05) is 26.7 Å². The number of carbonyl (C=O) groups is 2. The van der Waals surface area contributed by atoms with Gasteiger partial charge in [0.15, 0.2) is 0 Å². The highest BCUT2D eigenvalue weighted by molar-refractivity contribution is 5.78. The van der Waals surface area contributed by atoms with E-state index in [1.807, 2.05) is 37.4 Å². The average molecular weight is 274 g/mol. The van der Waals surface area contributed by atoms with Crippen molar-refractivity contribution in [2.24, 2.45) is 5.92 Å². The summed E-state index contributed by atoms with van der Waals surface area (Å²) >= 11 is 0. The summed E-state index contributed by atoms with van der Waals surface area (Å²) in [5.74, 6) is 0.205. The molecule has 1 atom stereocenters. The molecule has 0 saturated carbocycles. The third-order valence-corrected chi connectivity index (χ3v) is 3.78. The highest BCUT2D eigenvalue weighted by Crippen LogP contribution is 2.14. The standard InChI is InChI=1S/C16H22N2O2/c1-17(10-14-6-3-2-4-7-14)16(20)12-18-9-5-8-15(11-18)13-19/h2-4,6-7,13,15H,5,8-12H2,1H3. The van der Waals surface area contributed by atoms with Crippen LogP contribution in [-0.4, -0.2) is 48.7 Å². The van der Waals surface area contributed by atoms with Crippen molar-refractivity contribution in [3.05, 3.63) is 35.9 Å². The number of hydrogen-bond donors (Lipinski definition) is 0. The van der Waals surface area contributed by atoms with Gasteiger partial charge in [-0.3, -0.25) is 9.69 Å². The van der Waals surface area contributed by atoms with Crippen LogP contribution in [0.1, 0.15) is 18.4 Å². The van der Waals surface area contributed by atoms with Crippen LogP contribution in [0.5, 0.6) is 0 Å². The van der Waals surface area contributed by atoms with Crippen LogP contribution in [0.4, 0.5) is 0 Å². The molecule has 1 saturated heterocycles. The molecule has 1 aliphatic rings. The first-order chi connectivity index (χ1) is 9.69. The lowest BCUT2D eigenvalue weighted by Gasteiger charge is -2.30. The fourth-order valence-electron chi connectivity index (χ4n) is 2.60. The van der Waals surface area contributed by atoms with E-state index in [9.17, 15) is 9.59 Å². The van der Waals surface area contributed by atoms with Crippen molar-refractivity contribution in [3.8, 4) is 0 Å². The number of benzene rings is 1. The Bertz CT molecular complexity index is 447. The third-order valence-electron chi connectivity index (χ3n) is 3.78. The Kier molecular flexibility index (Phi) is 5.30. The number of piperidine rings is 1. The van der Waals surface area contributed by atoms with E-state index in [0.29, 0.717) is 19.6 Å². The fraction of sp³-hybridized carbons (Fsp3) is 0.500. The van der Waals surface area contributed by atoms with Gasteiger partial charge in [0.25, 0.3) is 0 Å². The van der Waals surface area contributed by atoms with Gasteiger partial charge in [0.05, 0.1) is 6.54 Å². The van der Waals surface area contributed by atoms with Gasteiger partial charge in [0.1, 0.15) is 6.29 Å². The molecule has 1 aliphatic heterocycles. The maximum absolute atomic E-state index is 12.2. The molecule has 0 aliphatic carbocycles. The summed E-state index contributed by atoms with van der Waals surface area (Å²) < 4.78 is 0. The van der Waals surface area contributed by atoms with Crippen molar-refractivity contribution in [1.29, 1.82) is 0 Å². The highest BCUT2D eigenvalue weighted by Gasteiger charge is 2.22. The Balaban J connectivity index is 1.83. The summed E-state index contributed by atoms with van der Waals surface area (Å²) in [5.41, 5.74) is 1.13. The van der Waals surface area contributed by atoms with Crippen molar-refractivity contribution < 1.29 is 9.59 Å². The first-order valence-electron chi connectivity index (χ1n) is 7.14. The molecule has 1 heterocycles. The predicted octanol–water partition coefficient (Wildman–Crippen LogP) is 1.56. The summed E-state index contributed by atoms with van der Waals surface area (Å²) in [6.07, 6.45) is 2.97. The molecule has 4 nitrogen and oxygen atoms in total. The summed E-state index contributed by atoms with van der Waals surface area (Å²) in [7, 11) is 1.83. The van der Waals surface area contributed by atoms with Gasteiger partial charge in [-0.2, -0.15) is 0 Å². The lowest BCUT2D eigenvalue weighted by Crippen LogP contribution is -2.43. The first kappa shape index (κ1) is 14.7. The van der Waals surface area contributed by atoms with Crippen LogP contribution in [0.25, 0.3) is 0 Å². The quantitative estimate of drug-likeness (QED) is 0.765. The van der Waals surface area contributed by atoms with E-state index in [-0.39, 0.29) is 11.8 Å². The van der Waals surface area contributed by atoms with Crippen LogP contribution >= 0.6 is 0 Å². The van der Waals surface area contributed by atoms with Crippen LogP contribution in [0.2, 0.25) is 0 Å². The molecule has 0 aromatic heterocycles. The van der Waals surface area contributed by atoms with E-state index >= 15 is 0 Å². The maximum Gasteiger partial charge on any atom is 0.236 e. The Morgan fingerprint density at radius 2 is 2.15 bits per heavy atom. The van der Waals surface area contributed by atoms with Gasteiger partial charge < -0.3 is 9.69 Å². The molecule has 20 heavy (non-hydrogen) atoms. The SMILES string of the molecule is CN(Cc1ccccc1)C(=O)CN1CCCC(C=O)C1. The molecule has 1 amide bonds. The first-order valence-corrected chi connectivity index (χ1v) is 7.14. The second-order valence-corrected chi connectivity index (χ2v) is 5.51. The molecular formula is C16H22N2O2. The molecule has 1 fully saturated rings. The fourth-order valence-corrected chi connectivity index (χ4v) is 2.60. The van der Waals surface area contributed by atoms with Crippen molar-refractivity contribution in [2.45, 2.75) is 19.4 Å². The molecular weight excluding hydrogens is 252 g/mol. The number of aldehydes is 1. The molecule has 0 N–H and O–H groups in total. The minimum atomic E-state index is 0.0935. The zero-order valence-electron chi connectivity index (χ0n) is 12.0. The highest BCUT2D eigenvalue weighted by atomic mass is 16.2. The van der Waals surface area contributed by atoms with Gasteiger partial charge in [0.2, 0.25) is 5.91 Å². The molecule has 0 bridgehead atoms. The van der Waals surface area contributed by atoms with E-state index in [1.165, 1.54) is 0 Å². The van der Waals surface area contributed by atoms with Crippen LogP contribution in [0.3, 0.4) is 0 Å². The molecule has 1 aromatic carbocycles. The second-order valence-electron chi connectivity index (χ2n) is 5.51.